The van der Waals surface area contributed by atoms with E-state index >= 15 is 0 Å². The molecule has 1 heterocycles. The van der Waals surface area contributed by atoms with Crippen LogP contribution in [0.4, 0.5) is 5.69 Å². The summed E-state index contributed by atoms with van der Waals surface area (Å²) in [5.74, 6) is -0.886. The van der Waals surface area contributed by atoms with E-state index in [0.29, 0.717) is 17.1 Å². The molecule has 0 saturated heterocycles. The number of nitrogens with one attached hydrogen (secondary N) is 1. The highest BCUT2D eigenvalue weighted by atomic mass is 32.1. The first-order valence-electron chi connectivity index (χ1n) is 7.66. The third-order valence-electron chi connectivity index (χ3n) is 3.11. The van der Waals surface area contributed by atoms with E-state index in [-0.39, 0.29) is 24.0 Å². The van der Waals surface area contributed by atoms with Crippen LogP contribution in [0.2, 0.25) is 0 Å². The van der Waals surface area contributed by atoms with E-state index in [9.17, 15) is 9.59 Å². The van der Waals surface area contributed by atoms with Crippen molar-refractivity contribution in [1.29, 1.82) is 0 Å². The van der Waals surface area contributed by atoms with Gasteiger partial charge in [-0.1, -0.05) is 6.92 Å². The summed E-state index contributed by atoms with van der Waals surface area (Å²) >= 11 is 1.52. The minimum atomic E-state index is -1.06. The number of carbonyl (C=O) groups excluding carboxylic acids is 1. The molecule has 7 heteroatoms. The molecule has 6 nitrogen and oxygen atoms in total. The summed E-state index contributed by atoms with van der Waals surface area (Å²) in [5.41, 5.74) is 1.14. The lowest BCUT2D eigenvalue weighted by Crippen LogP contribution is -2.17. The lowest BCUT2D eigenvalue weighted by atomic mass is 10.1. The van der Waals surface area contributed by atoms with Crippen molar-refractivity contribution in [3.63, 3.8) is 0 Å². The molecule has 1 amide bonds. The SMILES string of the molecule is CCc1nc(CC(=O)Nc2cc(C(=O)O)ccc2OC(C)C)cs1. The number of benzene rings is 1. The summed E-state index contributed by atoms with van der Waals surface area (Å²) in [6, 6.07) is 4.40. The zero-order chi connectivity index (χ0) is 17.7. The number of hydrogen-bond donors (Lipinski definition) is 2. The molecule has 1 aromatic heterocycles. The van der Waals surface area contributed by atoms with Crippen molar-refractivity contribution in [3.05, 3.63) is 39.8 Å². The summed E-state index contributed by atoms with van der Waals surface area (Å²) in [6.45, 7) is 5.73. The number of anilines is 1. The molecule has 0 unspecified atom stereocenters. The first-order valence-corrected chi connectivity index (χ1v) is 8.54. The van der Waals surface area contributed by atoms with Crippen LogP contribution in [0.5, 0.6) is 5.75 Å². The summed E-state index contributed by atoms with van der Waals surface area (Å²) < 4.78 is 5.63. The van der Waals surface area contributed by atoms with Gasteiger partial charge in [0.1, 0.15) is 5.75 Å². The van der Waals surface area contributed by atoms with Gasteiger partial charge in [0, 0.05) is 5.38 Å². The number of aromatic nitrogens is 1. The predicted molar refractivity (Wildman–Crippen MR) is 93.0 cm³/mol. The summed E-state index contributed by atoms with van der Waals surface area (Å²) in [5, 5.41) is 14.7. The van der Waals surface area contributed by atoms with Crippen molar-refractivity contribution < 1.29 is 19.4 Å². The predicted octanol–water partition coefficient (Wildman–Crippen LogP) is 3.37. The first-order chi connectivity index (χ1) is 11.4. The van der Waals surface area contributed by atoms with E-state index in [1.807, 2.05) is 26.2 Å². The number of thiazole rings is 1. The number of carboxylic acids is 1. The van der Waals surface area contributed by atoms with Crippen molar-refractivity contribution in [2.45, 2.75) is 39.7 Å². The van der Waals surface area contributed by atoms with Gasteiger partial charge in [0.15, 0.2) is 0 Å². The molecule has 0 aliphatic rings. The Hall–Kier alpha value is -2.41. The van der Waals surface area contributed by atoms with Gasteiger partial charge in [0.05, 0.1) is 34.5 Å². The standard InChI is InChI=1S/C17H20N2O4S/c1-4-16-18-12(9-24-16)8-15(20)19-13-7-11(17(21)22)5-6-14(13)23-10(2)3/h5-7,9-10H,4,8H2,1-3H3,(H,19,20)(H,21,22). The Balaban J connectivity index is 2.17. The second-order valence-corrected chi connectivity index (χ2v) is 6.44. The molecule has 0 radical (unpaired) electrons. The van der Waals surface area contributed by atoms with Crippen molar-refractivity contribution in [2.24, 2.45) is 0 Å². The fourth-order valence-electron chi connectivity index (χ4n) is 2.07. The Labute approximate surface area is 144 Å². The second-order valence-electron chi connectivity index (χ2n) is 5.49. The summed E-state index contributed by atoms with van der Waals surface area (Å²) in [7, 11) is 0. The number of aromatic carboxylic acids is 1. The van der Waals surface area contributed by atoms with Gasteiger partial charge < -0.3 is 15.2 Å². The summed E-state index contributed by atoms with van der Waals surface area (Å²) in [4.78, 5) is 27.7. The van der Waals surface area contributed by atoms with Gasteiger partial charge in [-0.2, -0.15) is 0 Å². The van der Waals surface area contributed by atoms with Crippen molar-refractivity contribution >= 4 is 28.9 Å². The maximum atomic E-state index is 12.2. The number of ether oxygens (including phenoxy) is 1. The highest BCUT2D eigenvalue weighted by molar-refractivity contribution is 7.09. The van der Waals surface area contributed by atoms with Gasteiger partial charge in [0.25, 0.3) is 0 Å². The van der Waals surface area contributed by atoms with Crippen LogP contribution in [-0.2, 0) is 17.6 Å². The van der Waals surface area contributed by atoms with Gasteiger partial charge in [-0.05, 0) is 38.5 Å². The van der Waals surface area contributed by atoms with Crippen LogP contribution >= 0.6 is 11.3 Å². The smallest absolute Gasteiger partial charge is 0.335 e. The molecule has 0 spiro atoms. The minimum Gasteiger partial charge on any atom is -0.489 e. The molecule has 0 aliphatic carbocycles. The number of amides is 1. The van der Waals surface area contributed by atoms with E-state index in [0.717, 1.165) is 11.4 Å². The normalized spacial score (nSPS) is 10.7. The molecular formula is C17H20N2O4S. The van der Waals surface area contributed by atoms with Crippen molar-refractivity contribution in [1.82, 2.24) is 4.98 Å². The molecule has 1 aromatic carbocycles. The van der Waals surface area contributed by atoms with Gasteiger partial charge in [0.2, 0.25) is 5.91 Å². The Morgan fingerprint density at radius 1 is 1.38 bits per heavy atom. The zero-order valence-electron chi connectivity index (χ0n) is 13.8. The second kappa shape index (κ2) is 7.92. The molecule has 2 rings (SSSR count). The lowest BCUT2D eigenvalue weighted by Gasteiger charge is -2.15. The maximum absolute atomic E-state index is 12.2. The van der Waals surface area contributed by atoms with Crippen LogP contribution in [0.25, 0.3) is 0 Å². The Morgan fingerprint density at radius 2 is 2.12 bits per heavy atom. The highest BCUT2D eigenvalue weighted by Crippen LogP contribution is 2.27. The molecule has 128 valence electrons. The van der Waals surface area contributed by atoms with E-state index in [2.05, 4.69) is 10.3 Å². The van der Waals surface area contributed by atoms with E-state index in [1.165, 1.54) is 23.5 Å². The average molecular weight is 348 g/mol. The number of rotatable bonds is 7. The third-order valence-corrected chi connectivity index (χ3v) is 4.15. The maximum Gasteiger partial charge on any atom is 0.335 e. The average Bonchev–Trinajstić information content (AvgIpc) is 2.95. The monoisotopic (exact) mass is 348 g/mol. The first kappa shape index (κ1) is 17.9. The fraction of sp³-hybridized carbons (Fsp3) is 0.353. The topological polar surface area (TPSA) is 88.5 Å². The van der Waals surface area contributed by atoms with Gasteiger partial charge in [-0.25, -0.2) is 9.78 Å². The molecular weight excluding hydrogens is 328 g/mol. The number of carbonyl (C=O) groups is 2. The van der Waals surface area contributed by atoms with E-state index in [1.54, 1.807) is 6.07 Å². The molecule has 0 saturated carbocycles. The third kappa shape index (κ3) is 4.79. The molecule has 0 bridgehead atoms. The summed E-state index contributed by atoms with van der Waals surface area (Å²) in [6.07, 6.45) is 0.871. The van der Waals surface area contributed by atoms with Crippen LogP contribution in [0.1, 0.15) is 41.8 Å². The van der Waals surface area contributed by atoms with E-state index in [4.69, 9.17) is 9.84 Å². The van der Waals surface area contributed by atoms with Crippen LogP contribution in [0, 0.1) is 0 Å². The molecule has 24 heavy (non-hydrogen) atoms. The number of carboxylic acid groups (broad SMARTS) is 1. The Bertz CT molecular complexity index is 740. The molecule has 0 fully saturated rings. The fourth-order valence-corrected chi connectivity index (χ4v) is 2.81. The number of hydrogen-bond acceptors (Lipinski definition) is 5. The Kier molecular flexibility index (Phi) is 5.92. The minimum absolute atomic E-state index is 0.0864. The zero-order valence-corrected chi connectivity index (χ0v) is 14.6. The van der Waals surface area contributed by atoms with Gasteiger partial charge >= 0.3 is 5.97 Å². The molecule has 2 N–H and O–H groups in total. The number of nitrogens with zero attached hydrogens (tertiary/aromatic N) is 1. The molecule has 0 atom stereocenters. The number of aryl methyl sites for hydroxylation is 1. The van der Waals surface area contributed by atoms with Gasteiger partial charge in [-0.3, -0.25) is 4.79 Å². The molecule has 2 aromatic rings. The van der Waals surface area contributed by atoms with Crippen LogP contribution in [0.3, 0.4) is 0 Å². The highest BCUT2D eigenvalue weighted by Gasteiger charge is 2.14. The molecule has 0 aliphatic heterocycles. The van der Waals surface area contributed by atoms with Crippen molar-refractivity contribution in [2.75, 3.05) is 5.32 Å². The lowest BCUT2D eigenvalue weighted by molar-refractivity contribution is -0.115. The largest absolute Gasteiger partial charge is 0.489 e. The van der Waals surface area contributed by atoms with E-state index < -0.39 is 5.97 Å². The Morgan fingerprint density at radius 3 is 2.71 bits per heavy atom. The van der Waals surface area contributed by atoms with Crippen molar-refractivity contribution in [3.8, 4) is 5.75 Å². The van der Waals surface area contributed by atoms with Crippen LogP contribution in [-0.4, -0.2) is 28.1 Å². The quantitative estimate of drug-likeness (QED) is 0.801. The van der Waals surface area contributed by atoms with Gasteiger partial charge in [-0.15, -0.1) is 11.3 Å². The van der Waals surface area contributed by atoms with Crippen LogP contribution < -0.4 is 10.1 Å². The van der Waals surface area contributed by atoms with Crippen LogP contribution in [0.15, 0.2) is 23.6 Å².